The van der Waals surface area contributed by atoms with E-state index in [9.17, 15) is 9.59 Å². The van der Waals surface area contributed by atoms with E-state index in [0.717, 1.165) is 11.6 Å². The molecule has 0 aromatic carbocycles. The van der Waals surface area contributed by atoms with Crippen LogP contribution in [0.15, 0.2) is 23.4 Å². The predicted molar refractivity (Wildman–Crippen MR) is 95.0 cm³/mol. The maximum atomic E-state index is 12.5. The highest BCUT2D eigenvalue weighted by Crippen LogP contribution is 2.26. The van der Waals surface area contributed by atoms with Gasteiger partial charge in [0.25, 0.3) is 5.91 Å². The van der Waals surface area contributed by atoms with Crippen LogP contribution in [0, 0.1) is 5.92 Å². The van der Waals surface area contributed by atoms with E-state index in [4.69, 9.17) is 0 Å². The summed E-state index contributed by atoms with van der Waals surface area (Å²) in [6.07, 6.45) is 10.4. The van der Waals surface area contributed by atoms with Gasteiger partial charge in [-0.15, -0.1) is 11.8 Å². The van der Waals surface area contributed by atoms with Gasteiger partial charge in [0.1, 0.15) is 5.03 Å². The van der Waals surface area contributed by atoms with Gasteiger partial charge in [-0.05, 0) is 37.1 Å². The molecule has 1 aliphatic heterocycles. The Morgan fingerprint density at radius 1 is 1.38 bits per heavy atom. The summed E-state index contributed by atoms with van der Waals surface area (Å²) < 4.78 is 0. The van der Waals surface area contributed by atoms with Gasteiger partial charge in [0.15, 0.2) is 0 Å². The Hall–Kier alpha value is -1.56. The first-order valence-corrected chi connectivity index (χ1v) is 9.97. The predicted octanol–water partition coefficient (Wildman–Crippen LogP) is 2.71. The second kappa shape index (κ2) is 8.01. The summed E-state index contributed by atoms with van der Waals surface area (Å²) in [6.45, 7) is 1.49. The van der Waals surface area contributed by atoms with E-state index in [-0.39, 0.29) is 17.9 Å². The lowest BCUT2D eigenvalue weighted by Crippen LogP contribution is -2.38. The monoisotopic (exact) mass is 347 g/mol. The van der Waals surface area contributed by atoms with Gasteiger partial charge in [-0.2, -0.15) is 0 Å². The van der Waals surface area contributed by atoms with Gasteiger partial charge in [0.05, 0.1) is 11.6 Å². The van der Waals surface area contributed by atoms with E-state index in [1.165, 1.54) is 43.9 Å². The normalized spacial score (nSPS) is 22.0. The third-order valence-corrected chi connectivity index (χ3v) is 5.67. The molecule has 0 bridgehead atoms. The second-order valence-electron chi connectivity index (χ2n) is 6.74. The minimum absolute atomic E-state index is 0.0940. The molecular weight excluding hydrogens is 322 g/mol. The highest BCUT2D eigenvalue weighted by atomic mass is 32.2. The van der Waals surface area contributed by atoms with Crippen molar-refractivity contribution in [1.82, 2.24) is 15.2 Å². The van der Waals surface area contributed by atoms with Gasteiger partial charge >= 0.3 is 0 Å². The van der Waals surface area contributed by atoms with Crippen molar-refractivity contribution in [3.8, 4) is 0 Å². The number of nitrogens with zero attached hydrogens (tertiary/aromatic N) is 2. The first kappa shape index (κ1) is 17.3. The Kier molecular flexibility index (Phi) is 5.76. The number of rotatable bonds is 5. The number of likely N-dealkylation sites (tertiary alicyclic amines) is 1. The number of pyridine rings is 1. The third-order valence-electron chi connectivity index (χ3n) is 4.96. The summed E-state index contributed by atoms with van der Waals surface area (Å²) in [5, 5.41) is 3.73. The van der Waals surface area contributed by atoms with E-state index < -0.39 is 0 Å². The number of carbonyl (C=O) groups is 2. The number of amides is 2. The Labute approximate surface area is 147 Å². The molecule has 1 saturated heterocycles. The van der Waals surface area contributed by atoms with Crippen LogP contribution in [0.3, 0.4) is 0 Å². The van der Waals surface area contributed by atoms with Crippen molar-refractivity contribution in [2.24, 2.45) is 5.92 Å². The lowest BCUT2D eigenvalue weighted by Gasteiger charge is -2.27. The SMILES string of the molecule is CSc1ncccc1C(=O)N[C@@H]1CC(=O)N(CC2CCCCC2)C1. The van der Waals surface area contributed by atoms with E-state index in [0.29, 0.717) is 24.4 Å². The summed E-state index contributed by atoms with van der Waals surface area (Å²) in [7, 11) is 0. The largest absolute Gasteiger partial charge is 0.347 e. The maximum absolute atomic E-state index is 12.5. The molecule has 0 unspecified atom stereocenters. The second-order valence-corrected chi connectivity index (χ2v) is 7.53. The van der Waals surface area contributed by atoms with Crippen LogP contribution < -0.4 is 5.32 Å². The van der Waals surface area contributed by atoms with Gasteiger partial charge in [-0.3, -0.25) is 9.59 Å². The van der Waals surface area contributed by atoms with Crippen LogP contribution in [-0.2, 0) is 4.79 Å². The fourth-order valence-electron chi connectivity index (χ4n) is 3.72. The molecule has 2 fully saturated rings. The van der Waals surface area contributed by atoms with Gasteiger partial charge < -0.3 is 10.2 Å². The molecule has 1 atom stereocenters. The van der Waals surface area contributed by atoms with E-state index in [1.807, 2.05) is 11.2 Å². The van der Waals surface area contributed by atoms with E-state index in [2.05, 4.69) is 10.3 Å². The maximum Gasteiger partial charge on any atom is 0.254 e. The molecule has 6 heteroatoms. The molecule has 1 aromatic heterocycles. The Morgan fingerprint density at radius 2 is 2.17 bits per heavy atom. The molecule has 2 amide bonds. The topological polar surface area (TPSA) is 62.3 Å². The summed E-state index contributed by atoms with van der Waals surface area (Å²) in [6, 6.07) is 3.46. The lowest BCUT2D eigenvalue weighted by atomic mass is 9.89. The van der Waals surface area contributed by atoms with Crippen molar-refractivity contribution in [3.05, 3.63) is 23.9 Å². The molecule has 24 heavy (non-hydrogen) atoms. The molecule has 1 aromatic rings. The van der Waals surface area contributed by atoms with Crippen LogP contribution in [-0.4, -0.2) is 47.1 Å². The molecule has 2 aliphatic rings. The van der Waals surface area contributed by atoms with Gasteiger partial charge in [-0.1, -0.05) is 19.3 Å². The number of thioether (sulfide) groups is 1. The Balaban J connectivity index is 1.56. The van der Waals surface area contributed by atoms with Crippen LogP contribution in [0.5, 0.6) is 0 Å². The zero-order valence-corrected chi connectivity index (χ0v) is 15.0. The average molecular weight is 347 g/mol. The van der Waals surface area contributed by atoms with Crippen molar-refractivity contribution in [1.29, 1.82) is 0 Å². The van der Waals surface area contributed by atoms with Crippen LogP contribution in [0.4, 0.5) is 0 Å². The van der Waals surface area contributed by atoms with Crippen molar-refractivity contribution in [2.75, 3.05) is 19.3 Å². The zero-order valence-electron chi connectivity index (χ0n) is 14.2. The minimum Gasteiger partial charge on any atom is -0.347 e. The first-order chi connectivity index (χ1) is 11.7. The molecule has 1 saturated carbocycles. The van der Waals surface area contributed by atoms with Crippen LogP contribution in [0.1, 0.15) is 48.9 Å². The number of hydrogen-bond acceptors (Lipinski definition) is 4. The molecule has 3 rings (SSSR count). The fraction of sp³-hybridized carbons (Fsp3) is 0.611. The summed E-state index contributed by atoms with van der Waals surface area (Å²) in [5.74, 6) is 0.672. The van der Waals surface area contributed by atoms with E-state index in [1.54, 1.807) is 18.3 Å². The molecule has 0 radical (unpaired) electrons. The average Bonchev–Trinajstić information content (AvgIpc) is 2.94. The Morgan fingerprint density at radius 3 is 2.92 bits per heavy atom. The summed E-state index contributed by atoms with van der Waals surface area (Å²) in [5.41, 5.74) is 0.586. The highest BCUT2D eigenvalue weighted by molar-refractivity contribution is 7.98. The van der Waals surface area contributed by atoms with Crippen LogP contribution >= 0.6 is 11.8 Å². The molecule has 5 nitrogen and oxygen atoms in total. The molecule has 0 spiro atoms. The van der Waals surface area contributed by atoms with Crippen LogP contribution in [0.2, 0.25) is 0 Å². The molecule has 1 N–H and O–H groups in total. The number of aromatic nitrogens is 1. The number of hydrogen-bond donors (Lipinski definition) is 1. The number of nitrogens with one attached hydrogen (secondary N) is 1. The van der Waals surface area contributed by atoms with Gasteiger partial charge in [0, 0.05) is 25.7 Å². The lowest BCUT2D eigenvalue weighted by molar-refractivity contribution is -0.128. The summed E-state index contributed by atoms with van der Waals surface area (Å²) in [4.78, 5) is 30.9. The number of carbonyl (C=O) groups excluding carboxylic acids is 2. The first-order valence-electron chi connectivity index (χ1n) is 8.75. The standard InChI is InChI=1S/C18H25N3O2S/c1-24-18-15(8-5-9-19-18)17(23)20-14-10-16(22)21(12-14)11-13-6-3-2-4-7-13/h5,8-9,13-14H,2-4,6-7,10-12H2,1H3,(H,20,23)/t14-/m1/s1. The van der Waals surface area contributed by atoms with Crippen molar-refractivity contribution in [3.63, 3.8) is 0 Å². The Bertz CT molecular complexity index is 602. The quantitative estimate of drug-likeness (QED) is 0.832. The van der Waals surface area contributed by atoms with Crippen molar-refractivity contribution >= 4 is 23.6 Å². The summed E-state index contributed by atoms with van der Waals surface area (Å²) >= 11 is 1.46. The van der Waals surface area contributed by atoms with Gasteiger partial charge in [-0.25, -0.2) is 4.98 Å². The molecular formula is C18H25N3O2S. The minimum atomic E-state index is -0.134. The molecule has 2 heterocycles. The molecule has 1 aliphatic carbocycles. The van der Waals surface area contributed by atoms with Gasteiger partial charge in [0.2, 0.25) is 5.91 Å². The van der Waals surface area contributed by atoms with Crippen LogP contribution in [0.25, 0.3) is 0 Å². The van der Waals surface area contributed by atoms with Crippen molar-refractivity contribution < 1.29 is 9.59 Å². The molecule has 130 valence electrons. The third kappa shape index (κ3) is 4.09. The highest BCUT2D eigenvalue weighted by Gasteiger charge is 2.32. The fourth-order valence-corrected chi connectivity index (χ4v) is 4.26. The smallest absolute Gasteiger partial charge is 0.254 e. The van der Waals surface area contributed by atoms with E-state index >= 15 is 0 Å². The van der Waals surface area contributed by atoms with Crippen molar-refractivity contribution in [2.45, 2.75) is 49.6 Å². The zero-order chi connectivity index (χ0) is 16.9.